The summed E-state index contributed by atoms with van der Waals surface area (Å²) in [6.45, 7) is 2.79. The van der Waals surface area contributed by atoms with Gasteiger partial charge >= 0.3 is 6.03 Å². The molecule has 5 fully saturated rings. The molecule has 1 aromatic carbocycles. The third-order valence-electron chi connectivity index (χ3n) is 8.66. The van der Waals surface area contributed by atoms with Crippen LogP contribution in [0.1, 0.15) is 63.4 Å². The topological polar surface area (TPSA) is 117 Å². The van der Waals surface area contributed by atoms with Gasteiger partial charge in [0.1, 0.15) is 0 Å². The smallest absolute Gasteiger partial charge is 0.315 e. The number of nitrogens with two attached hydrogens (primary N) is 1. The second-order valence-corrected chi connectivity index (χ2v) is 11.5. The van der Waals surface area contributed by atoms with E-state index >= 15 is 0 Å². The average molecular weight is 482 g/mol. The summed E-state index contributed by atoms with van der Waals surface area (Å²) in [6, 6.07) is 7.73. The van der Waals surface area contributed by atoms with Gasteiger partial charge in [0.2, 0.25) is 11.8 Å². The molecule has 5 aliphatic rings. The van der Waals surface area contributed by atoms with Crippen LogP contribution in [-0.2, 0) is 16.1 Å². The van der Waals surface area contributed by atoms with Crippen molar-refractivity contribution in [1.82, 2.24) is 15.5 Å². The van der Waals surface area contributed by atoms with Crippen LogP contribution in [-0.4, -0.2) is 47.9 Å². The molecule has 8 heteroatoms. The van der Waals surface area contributed by atoms with Crippen molar-refractivity contribution in [2.45, 2.75) is 69.9 Å². The highest BCUT2D eigenvalue weighted by Crippen LogP contribution is 2.55. The molecule has 8 nitrogen and oxygen atoms in total. The van der Waals surface area contributed by atoms with Gasteiger partial charge < -0.3 is 21.7 Å². The van der Waals surface area contributed by atoms with Crippen molar-refractivity contribution in [2.24, 2.45) is 29.4 Å². The van der Waals surface area contributed by atoms with Crippen LogP contribution < -0.4 is 21.7 Å². The number of amides is 4. The summed E-state index contributed by atoms with van der Waals surface area (Å²) in [6.07, 6.45) is 9.22. The lowest BCUT2D eigenvalue weighted by molar-refractivity contribution is -0.123. The van der Waals surface area contributed by atoms with E-state index in [0.717, 1.165) is 80.7 Å². The number of nitrogens with zero attached hydrogens (tertiary/aromatic N) is 1. The van der Waals surface area contributed by atoms with Crippen molar-refractivity contribution in [3.63, 3.8) is 0 Å². The lowest BCUT2D eigenvalue weighted by atomic mass is 9.53. The summed E-state index contributed by atoms with van der Waals surface area (Å²) in [5.41, 5.74) is 7.29. The molecule has 4 bridgehead atoms. The Balaban J connectivity index is 1.03. The van der Waals surface area contributed by atoms with Crippen molar-refractivity contribution in [1.29, 1.82) is 0 Å². The number of hydrogen-bond donors (Lipinski definition) is 4. The zero-order valence-corrected chi connectivity index (χ0v) is 20.6. The molecule has 4 amide bonds. The first-order chi connectivity index (χ1) is 16.9. The van der Waals surface area contributed by atoms with E-state index in [1.165, 1.54) is 19.3 Å². The molecule has 4 saturated carbocycles. The van der Waals surface area contributed by atoms with Crippen LogP contribution in [0.25, 0.3) is 0 Å². The SMILES string of the molecule is NC(=O)C1CCN(Cc2cccc(NC(=O)CCNC(=O)NC34CC5CC(CC(C5)C3)C4)c2)CC1. The van der Waals surface area contributed by atoms with E-state index in [1.54, 1.807) is 0 Å². The highest BCUT2D eigenvalue weighted by molar-refractivity contribution is 5.91. The van der Waals surface area contributed by atoms with Crippen LogP contribution in [0.3, 0.4) is 0 Å². The van der Waals surface area contributed by atoms with E-state index in [-0.39, 0.29) is 35.7 Å². The van der Waals surface area contributed by atoms with Crippen molar-refractivity contribution < 1.29 is 14.4 Å². The highest BCUT2D eigenvalue weighted by Gasteiger charge is 2.51. The number of urea groups is 1. The lowest BCUT2D eigenvalue weighted by Gasteiger charge is -2.56. The minimum atomic E-state index is -0.200. The number of carbonyl (C=O) groups is 3. The van der Waals surface area contributed by atoms with Crippen molar-refractivity contribution in [3.8, 4) is 0 Å². The maximum Gasteiger partial charge on any atom is 0.315 e. The summed E-state index contributed by atoms with van der Waals surface area (Å²) < 4.78 is 0. The third kappa shape index (κ3) is 5.97. The number of rotatable bonds is 8. The molecule has 0 spiro atoms. The first kappa shape index (κ1) is 24.1. The Hall–Kier alpha value is -2.61. The molecule has 35 heavy (non-hydrogen) atoms. The van der Waals surface area contributed by atoms with Gasteiger partial charge in [-0.3, -0.25) is 14.5 Å². The van der Waals surface area contributed by atoms with E-state index in [1.807, 2.05) is 24.3 Å². The minimum absolute atomic E-state index is 0.0138. The van der Waals surface area contributed by atoms with Gasteiger partial charge in [-0.05, 0) is 99.9 Å². The normalized spacial score (nSPS) is 30.1. The molecular weight excluding hydrogens is 442 g/mol. The number of benzene rings is 1. The van der Waals surface area contributed by atoms with E-state index in [4.69, 9.17) is 5.73 Å². The zero-order valence-electron chi connectivity index (χ0n) is 20.6. The highest BCUT2D eigenvalue weighted by atomic mass is 16.2. The quantitative estimate of drug-likeness (QED) is 0.457. The molecule has 6 rings (SSSR count). The maximum absolute atomic E-state index is 12.6. The first-order valence-electron chi connectivity index (χ1n) is 13.3. The molecule has 190 valence electrons. The van der Waals surface area contributed by atoms with Gasteiger partial charge in [-0.15, -0.1) is 0 Å². The van der Waals surface area contributed by atoms with Gasteiger partial charge in [-0.25, -0.2) is 4.79 Å². The van der Waals surface area contributed by atoms with Crippen molar-refractivity contribution >= 4 is 23.5 Å². The molecule has 0 radical (unpaired) electrons. The number of nitrogens with one attached hydrogen (secondary N) is 3. The first-order valence-corrected chi connectivity index (χ1v) is 13.3. The van der Waals surface area contributed by atoms with E-state index < -0.39 is 0 Å². The number of primary amides is 1. The molecule has 0 atom stereocenters. The molecule has 0 unspecified atom stereocenters. The predicted octanol–water partition coefficient (Wildman–Crippen LogP) is 2.98. The molecule has 0 aromatic heterocycles. The van der Waals surface area contributed by atoms with Gasteiger partial charge in [-0.2, -0.15) is 0 Å². The molecule has 1 saturated heterocycles. The second kappa shape index (κ2) is 10.2. The van der Waals surface area contributed by atoms with Gasteiger partial charge in [0.25, 0.3) is 0 Å². The Morgan fingerprint density at radius 1 is 1.00 bits per heavy atom. The molecule has 4 aliphatic carbocycles. The summed E-state index contributed by atoms with van der Waals surface area (Å²) in [7, 11) is 0. The Morgan fingerprint density at radius 2 is 1.66 bits per heavy atom. The second-order valence-electron chi connectivity index (χ2n) is 11.5. The predicted molar refractivity (Wildman–Crippen MR) is 134 cm³/mol. The van der Waals surface area contributed by atoms with Gasteiger partial charge in [-0.1, -0.05) is 12.1 Å². The average Bonchev–Trinajstić information content (AvgIpc) is 2.78. The maximum atomic E-state index is 12.6. The zero-order chi connectivity index (χ0) is 24.4. The fourth-order valence-corrected chi connectivity index (χ4v) is 7.44. The van der Waals surface area contributed by atoms with E-state index in [9.17, 15) is 14.4 Å². The van der Waals surface area contributed by atoms with Crippen molar-refractivity contribution in [3.05, 3.63) is 29.8 Å². The lowest BCUT2D eigenvalue weighted by Crippen LogP contribution is -2.61. The fraction of sp³-hybridized carbons (Fsp3) is 0.667. The Bertz CT molecular complexity index is 921. The van der Waals surface area contributed by atoms with Crippen LogP contribution in [0.2, 0.25) is 0 Å². The van der Waals surface area contributed by atoms with Crippen LogP contribution in [0, 0.1) is 23.7 Å². The Kier molecular flexibility index (Phi) is 7.00. The van der Waals surface area contributed by atoms with Gasteiger partial charge in [0.05, 0.1) is 0 Å². The largest absolute Gasteiger partial charge is 0.369 e. The number of hydrogen-bond acceptors (Lipinski definition) is 4. The van der Waals surface area contributed by atoms with Crippen LogP contribution >= 0.6 is 0 Å². The summed E-state index contributed by atoms with van der Waals surface area (Å²) >= 11 is 0. The number of piperidine rings is 1. The molecule has 1 aromatic rings. The van der Waals surface area contributed by atoms with Crippen LogP contribution in [0.4, 0.5) is 10.5 Å². The number of anilines is 1. The number of likely N-dealkylation sites (tertiary alicyclic amines) is 1. The molecule has 5 N–H and O–H groups in total. The third-order valence-corrected chi connectivity index (χ3v) is 8.66. The Morgan fingerprint density at radius 3 is 2.29 bits per heavy atom. The van der Waals surface area contributed by atoms with E-state index in [0.29, 0.717) is 6.54 Å². The summed E-state index contributed by atoms with van der Waals surface area (Å²) in [5.74, 6) is 2.02. The summed E-state index contributed by atoms with van der Waals surface area (Å²) in [5, 5.41) is 9.14. The standard InChI is InChI=1S/C27H39N5O3/c28-25(34)22-5-8-32(9-6-22)17-18-2-1-3-23(13-18)30-24(33)4-7-29-26(35)31-27-14-19-10-20(15-27)12-21(11-19)16-27/h1-3,13,19-22H,4-12,14-17H2,(H2,28,34)(H,30,33)(H2,29,31,35). The summed E-state index contributed by atoms with van der Waals surface area (Å²) in [4.78, 5) is 38.7. The molecule has 1 aliphatic heterocycles. The fourth-order valence-electron chi connectivity index (χ4n) is 7.44. The Labute approximate surface area is 207 Å². The van der Waals surface area contributed by atoms with E-state index in [2.05, 4.69) is 20.9 Å². The van der Waals surface area contributed by atoms with Crippen LogP contribution in [0.15, 0.2) is 24.3 Å². The number of carbonyl (C=O) groups excluding carboxylic acids is 3. The van der Waals surface area contributed by atoms with Crippen LogP contribution in [0.5, 0.6) is 0 Å². The van der Waals surface area contributed by atoms with Crippen molar-refractivity contribution in [2.75, 3.05) is 25.0 Å². The molecular formula is C27H39N5O3. The molecule has 1 heterocycles. The van der Waals surface area contributed by atoms with Gasteiger partial charge in [0, 0.05) is 36.7 Å². The monoisotopic (exact) mass is 481 g/mol. The van der Waals surface area contributed by atoms with Gasteiger partial charge in [0.15, 0.2) is 0 Å². The minimum Gasteiger partial charge on any atom is -0.369 e.